The van der Waals surface area contributed by atoms with Crippen molar-refractivity contribution in [2.75, 3.05) is 6.54 Å². The molecule has 1 aliphatic carbocycles. The van der Waals surface area contributed by atoms with Gasteiger partial charge in [-0.2, -0.15) is 9.50 Å². The average Bonchev–Trinajstić information content (AvgIpc) is 3.54. The summed E-state index contributed by atoms with van der Waals surface area (Å²) in [6, 6.07) is 18.0. The molecule has 0 unspecified atom stereocenters. The van der Waals surface area contributed by atoms with Gasteiger partial charge in [0.25, 0.3) is 17.2 Å². The van der Waals surface area contributed by atoms with Gasteiger partial charge in [0.05, 0.1) is 11.3 Å². The number of amides is 1. The fraction of sp³-hybridized carbons (Fsp3) is 0.250. The van der Waals surface area contributed by atoms with Gasteiger partial charge in [-0.1, -0.05) is 55.3 Å². The molecule has 0 aliphatic heterocycles. The summed E-state index contributed by atoms with van der Waals surface area (Å²) in [5.74, 6) is 1.86. The predicted molar refractivity (Wildman–Crippen MR) is 119 cm³/mol. The van der Waals surface area contributed by atoms with Crippen LogP contribution in [0.15, 0.2) is 65.5 Å². The number of hydrogen-bond donors (Lipinski definition) is 2. The van der Waals surface area contributed by atoms with Crippen LogP contribution in [0.1, 0.15) is 35.3 Å². The number of aromatic nitrogens is 4. The summed E-state index contributed by atoms with van der Waals surface area (Å²) < 4.78 is 7.17. The summed E-state index contributed by atoms with van der Waals surface area (Å²) in [6.45, 7) is 0.710. The Labute approximate surface area is 184 Å². The molecule has 0 radical (unpaired) electrons. The van der Waals surface area contributed by atoms with E-state index in [1.165, 1.54) is 23.4 Å². The number of H-pyrrole nitrogens is 1. The van der Waals surface area contributed by atoms with Gasteiger partial charge in [-0.05, 0) is 24.5 Å². The second kappa shape index (κ2) is 8.66. The Bertz CT molecular complexity index is 1310. The van der Waals surface area contributed by atoms with E-state index in [0.717, 1.165) is 17.9 Å². The number of rotatable bonds is 8. The molecule has 4 aromatic rings. The van der Waals surface area contributed by atoms with Gasteiger partial charge in [0.2, 0.25) is 0 Å². The number of para-hydroxylation sites is 1. The molecule has 1 amide bonds. The minimum Gasteiger partial charge on any atom is -0.486 e. The Kier molecular flexibility index (Phi) is 5.41. The molecular weight excluding hydrogens is 406 g/mol. The molecule has 2 aromatic heterocycles. The van der Waals surface area contributed by atoms with Gasteiger partial charge < -0.3 is 10.1 Å². The fourth-order valence-corrected chi connectivity index (χ4v) is 3.55. The summed E-state index contributed by atoms with van der Waals surface area (Å²) in [4.78, 5) is 34.0. The quantitative estimate of drug-likeness (QED) is 0.448. The molecule has 32 heavy (non-hydrogen) atoms. The van der Waals surface area contributed by atoms with Crippen molar-refractivity contribution in [1.82, 2.24) is 24.9 Å². The van der Waals surface area contributed by atoms with E-state index in [1.807, 2.05) is 36.4 Å². The second-order valence-corrected chi connectivity index (χ2v) is 7.93. The number of carbonyl (C=O) groups excluding carboxylic acids is 1. The average molecular weight is 429 g/mol. The Morgan fingerprint density at radius 2 is 1.88 bits per heavy atom. The number of nitrogens with one attached hydrogen (secondary N) is 2. The van der Waals surface area contributed by atoms with Crippen molar-refractivity contribution >= 4 is 11.7 Å². The van der Waals surface area contributed by atoms with Crippen molar-refractivity contribution in [1.29, 1.82) is 0 Å². The minimum atomic E-state index is -0.283. The molecule has 0 bridgehead atoms. The molecule has 2 N–H and O–H groups in total. The van der Waals surface area contributed by atoms with E-state index < -0.39 is 0 Å². The van der Waals surface area contributed by atoms with Crippen LogP contribution in [0.2, 0.25) is 0 Å². The van der Waals surface area contributed by atoms with Crippen LogP contribution in [-0.4, -0.2) is 32.0 Å². The molecule has 0 atom stereocenters. The third kappa shape index (κ3) is 4.39. The van der Waals surface area contributed by atoms with Crippen molar-refractivity contribution in [3.8, 4) is 17.1 Å². The van der Waals surface area contributed by atoms with Crippen LogP contribution in [0, 0.1) is 5.92 Å². The van der Waals surface area contributed by atoms with Gasteiger partial charge >= 0.3 is 0 Å². The first-order chi connectivity index (χ1) is 15.7. The molecule has 1 saturated carbocycles. The van der Waals surface area contributed by atoms with Crippen LogP contribution in [0.3, 0.4) is 0 Å². The largest absolute Gasteiger partial charge is 0.486 e. The third-order valence-electron chi connectivity index (χ3n) is 5.47. The van der Waals surface area contributed by atoms with Gasteiger partial charge in [-0.25, -0.2) is 4.98 Å². The highest BCUT2D eigenvalue weighted by Gasteiger charge is 2.21. The van der Waals surface area contributed by atoms with Crippen molar-refractivity contribution in [2.45, 2.75) is 25.9 Å². The highest BCUT2D eigenvalue weighted by Crippen LogP contribution is 2.31. The predicted octanol–water partition coefficient (Wildman–Crippen LogP) is 3.19. The van der Waals surface area contributed by atoms with E-state index in [1.54, 1.807) is 18.2 Å². The zero-order valence-electron chi connectivity index (χ0n) is 17.5. The van der Waals surface area contributed by atoms with Crippen LogP contribution in [0.5, 0.6) is 5.75 Å². The number of hydrogen-bond acceptors (Lipinski definition) is 5. The molecule has 8 heteroatoms. The van der Waals surface area contributed by atoms with Gasteiger partial charge in [0, 0.05) is 18.2 Å². The van der Waals surface area contributed by atoms with E-state index in [2.05, 4.69) is 20.4 Å². The lowest BCUT2D eigenvalue weighted by atomic mass is 10.2. The summed E-state index contributed by atoms with van der Waals surface area (Å²) in [6.07, 6.45) is 3.53. The highest BCUT2D eigenvalue weighted by molar-refractivity contribution is 5.96. The van der Waals surface area contributed by atoms with Crippen LogP contribution >= 0.6 is 0 Å². The van der Waals surface area contributed by atoms with E-state index in [9.17, 15) is 9.59 Å². The lowest BCUT2D eigenvalue weighted by Gasteiger charge is -2.11. The normalized spacial score (nSPS) is 13.2. The van der Waals surface area contributed by atoms with Crippen molar-refractivity contribution < 1.29 is 9.53 Å². The number of benzene rings is 2. The minimum absolute atomic E-state index is 0.0473. The molecule has 1 aliphatic rings. The zero-order chi connectivity index (χ0) is 21.9. The van der Waals surface area contributed by atoms with Crippen molar-refractivity contribution in [3.63, 3.8) is 0 Å². The Hall–Kier alpha value is -3.94. The molecule has 0 spiro atoms. The zero-order valence-corrected chi connectivity index (χ0v) is 17.5. The van der Waals surface area contributed by atoms with Gasteiger partial charge in [-0.3, -0.25) is 14.7 Å². The Balaban J connectivity index is 1.32. The lowest BCUT2D eigenvalue weighted by Crippen LogP contribution is -2.25. The van der Waals surface area contributed by atoms with Crippen LogP contribution in [0.4, 0.5) is 0 Å². The standard InChI is InChI=1S/C24H23N5O3/c30-21-14-18(26-24-27-22(28-29(21)24)17-6-2-1-3-7-17)15-32-20-9-5-4-8-19(20)23(31)25-13-12-16-10-11-16/h1-9,14,16H,10-13,15H2,(H,25,31)(H,26,27,28). The van der Waals surface area contributed by atoms with Gasteiger partial charge in [0.15, 0.2) is 5.82 Å². The first-order valence-electron chi connectivity index (χ1n) is 10.7. The number of aromatic amines is 1. The molecule has 162 valence electrons. The molecule has 8 nitrogen and oxygen atoms in total. The maximum Gasteiger partial charge on any atom is 0.274 e. The summed E-state index contributed by atoms with van der Waals surface area (Å²) >= 11 is 0. The highest BCUT2D eigenvalue weighted by atomic mass is 16.5. The van der Waals surface area contributed by atoms with Crippen molar-refractivity contribution in [2.24, 2.45) is 5.92 Å². The summed E-state index contributed by atoms with van der Waals surface area (Å²) in [5.41, 5.74) is 1.48. The first-order valence-corrected chi connectivity index (χ1v) is 10.7. The Morgan fingerprint density at radius 3 is 2.69 bits per heavy atom. The van der Waals surface area contributed by atoms with Crippen LogP contribution in [-0.2, 0) is 6.61 Å². The SMILES string of the molecule is O=C(NCCC1CC1)c1ccccc1OCc1cc(=O)n2[nH]c(-c3ccccc3)nc2n1. The maximum atomic E-state index is 12.6. The first kappa shape index (κ1) is 20.0. The lowest BCUT2D eigenvalue weighted by molar-refractivity contribution is 0.0948. The van der Waals surface area contributed by atoms with E-state index >= 15 is 0 Å². The van der Waals surface area contributed by atoms with Crippen LogP contribution in [0.25, 0.3) is 17.2 Å². The molecule has 0 saturated heterocycles. The molecule has 1 fully saturated rings. The molecule has 2 heterocycles. The van der Waals surface area contributed by atoms with E-state index in [-0.39, 0.29) is 23.9 Å². The monoisotopic (exact) mass is 429 g/mol. The Morgan fingerprint density at radius 1 is 1.09 bits per heavy atom. The second-order valence-electron chi connectivity index (χ2n) is 7.93. The topological polar surface area (TPSA) is 101 Å². The van der Waals surface area contributed by atoms with E-state index in [0.29, 0.717) is 29.4 Å². The summed E-state index contributed by atoms with van der Waals surface area (Å²) in [5, 5.41) is 5.93. The maximum absolute atomic E-state index is 12.6. The van der Waals surface area contributed by atoms with E-state index in [4.69, 9.17) is 4.74 Å². The molecule has 2 aromatic carbocycles. The van der Waals surface area contributed by atoms with Gasteiger partial charge in [0.1, 0.15) is 12.4 Å². The van der Waals surface area contributed by atoms with Gasteiger partial charge in [-0.15, -0.1) is 0 Å². The number of ether oxygens (including phenoxy) is 1. The number of nitrogens with zero attached hydrogens (tertiary/aromatic N) is 3. The smallest absolute Gasteiger partial charge is 0.274 e. The third-order valence-corrected chi connectivity index (χ3v) is 5.47. The molecular formula is C24H23N5O3. The number of fused-ring (bicyclic) bond motifs is 1. The number of carbonyl (C=O) groups is 1. The molecule has 5 rings (SSSR count). The fourth-order valence-electron chi connectivity index (χ4n) is 3.55. The van der Waals surface area contributed by atoms with Crippen molar-refractivity contribution in [3.05, 3.63) is 82.3 Å². The summed E-state index contributed by atoms with van der Waals surface area (Å²) in [7, 11) is 0. The van der Waals surface area contributed by atoms with Crippen LogP contribution < -0.4 is 15.6 Å².